The van der Waals surface area contributed by atoms with Crippen molar-refractivity contribution in [1.29, 1.82) is 0 Å². The maximum Gasteiger partial charge on any atom is 0.273 e. The fourth-order valence-electron chi connectivity index (χ4n) is 1.89. The number of carbonyl (C=O) groups excluding carboxylic acids is 1. The van der Waals surface area contributed by atoms with Crippen LogP contribution in [0.3, 0.4) is 0 Å². The number of hydrogen-bond donors (Lipinski definition) is 2. The monoisotopic (exact) mass is 368 g/mol. The fraction of sp³-hybridized carbons (Fsp3) is 0.231. The molecule has 2 N–H and O–H groups in total. The van der Waals surface area contributed by atoms with Crippen LogP contribution in [0, 0.1) is 24.0 Å². The van der Waals surface area contributed by atoms with Gasteiger partial charge in [0.25, 0.3) is 5.69 Å². The topological polar surface area (TPSA) is 110 Å². The molecule has 0 saturated carbocycles. The molecule has 2 aromatic rings. The lowest BCUT2D eigenvalue weighted by Crippen LogP contribution is -2.20. The van der Waals surface area contributed by atoms with Crippen molar-refractivity contribution < 1.29 is 14.8 Å². The highest BCUT2D eigenvalue weighted by Gasteiger charge is 2.15. The summed E-state index contributed by atoms with van der Waals surface area (Å²) in [5, 5.41) is 27.0. The number of phenolic OH excluding ortho intramolecular Hbond substituents is 1. The van der Waals surface area contributed by atoms with E-state index < -0.39 is 10.8 Å². The molecule has 1 aromatic carbocycles. The van der Waals surface area contributed by atoms with Crippen molar-refractivity contribution in [1.82, 2.24) is 9.78 Å². The molecule has 1 aromatic heterocycles. The Morgan fingerprint density at radius 1 is 1.50 bits per heavy atom. The molecular weight excluding hydrogens is 356 g/mol. The van der Waals surface area contributed by atoms with Gasteiger partial charge in [-0.05, 0) is 35.8 Å². The average Bonchev–Trinajstić information content (AvgIpc) is 2.68. The molecule has 1 heterocycles. The number of phenols is 1. The van der Waals surface area contributed by atoms with Gasteiger partial charge in [-0.1, -0.05) is 0 Å². The largest absolute Gasteiger partial charge is 0.506 e. The van der Waals surface area contributed by atoms with E-state index in [9.17, 15) is 20.0 Å². The van der Waals surface area contributed by atoms with E-state index in [0.717, 1.165) is 21.9 Å². The number of aromatic hydroxyl groups is 1. The first-order valence-corrected chi connectivity index (χ1v) is 7.05. The Balaban J connectivity index is 2.12. The van der Waals surface area contributed by atoms with Gasteiger partial charge in [-0.25, -0.2) is 0 Å². The number of aryl methyl sites for hydroxylation is 1. The summed E-state index contributed by atoms with van der Waals surface area (Å²) in [6, 6.07) is 3.47. The van der Waals surface area contributed by atoms with Gasteiger partial charge in [-0.3, -0.25) is 19.6 Å². The summed E-state index contributed by atoms with van der Waals surface area (Å²) in [5.41, 5.74) is 1.43. The molecule has 0 aliphatic heterocycles. The minimum Gasteiger partial charge on any atom is -0.506 e. The number of nitro benzene ring substituents is 1. The number of anilines is 1. The number of benzene rings is 1. The molecule has 8 nitrogen and oxygen atoms in total. The Bertz CT molecular complexity index is 757. The molecule has 9 heteroatoms. The third kappa shape index (κ3) is 3.25. The molecule has 0 unspecified atom stereocenters. The van der Waals surface area contributed by atoms with Crippen molar-refractivity contribution in [3.05, 3.63) is 44.2 Å². The van der Waals surface area contributed by atoms with Gasteiger partial charge in [0.05, 0.1) is 32.5 Å². The van der Waals surface area contributed by atoms with Crippen LogP contribution in [0.4, 0.5) is 11.4 Å². The molecule has 0 radical (unpaired) electrons. The lowest BCUT2D eigenvalue weighted by Gasteiger charge is -2.08. The van der Waals surface area contributed by atoms with Crippen molar-refractivity contribution >= 4 is 33.2 Å². The van der Waals surface area contributed by atoms with E-state index in [2.05, 4.69) is 26.3 Å². The summed E-state index contributed by atoms with van der Waals surface area (Å²) < 4.78 is 2.36. The van der Waals surface area contributed by atoms with Crippen molar-refractivity contribution in [2.45, 2.75) is 20.4 Å². The molecule has 2 rings (SSSR count). The van der Waals surface area contributed by atoms with Crippen molar-refractivity contribution in [3.8, 4) is 5.75 Å². The SMILES string of the molecule is Cc1nn(CC(=O)Nc2ccc([N+](=O)[O-])cc2O)c(C)c1Br. The molecule has 22 heavy (non-hydrogen) atoms. The van der Waals surface area contributed by atoms with Crippen molar-refractivity contribution in [2.24, 2.45) is 0 Å². The molecular formula is C13H13BrN4O4. The molecule has 1 amide bonds. The summed E-state index contributed by atoms with van der Waals surface area (Å²) in [6.45, 7) is 3.60. The maximum atomic E-state index is 12.0. The number of non-ortho nitro benzene ring substituents is 1. The lowest BCUT2D eigenvalue weighted by atomic mass is 10.2. The Morgan fingerprint density at radius 2 is 2.18 bits per heavy atom. The predicted molar refractivity (Wildman–Crippen MR) is 82.8 cm³/mol. The van der Waals surface area contributed by atoms with Crippen LogP contribution < -0.4 is 5.32 Å². The second-order valence-corrected chi connectivity index (χ2v) is 5.44. The Kier molecular flexibility index (Phi) is 4.45. The van der Waals surface area contributed by atoms with Crippen LogP contribution in [-0.2, 0) is 11.3 Å². The molecule has 116 valence electrons. The molecule has 0 fully saturated rings. The van der Waals surface area contributed by atoms with E-state index in [1.807, 2.05) is 13.8 Å². The summed E-state index contributed by atoms with van der Waals surface area (Å²) in [7, 11) is 0. The normalized spacial score (nSPS) is 10.5. The zero-order valence-electron chi connectivity index (χ0n) is 11.8. The quantitative estimate of drug-likeness (QED) is 0.489. The maximum absolute atomic E-state index is 12.0. The smallest absolute Gasteiger partial charge is 0.273 e. The molecule has 0 spiro atoms. The van der Waals surface area contributed by atoms with Gasteiger partial charge in [0.15, 0.2) is 0 Å². The van der Waals surface area contributed by atoms with Crippen LogP contribution in [-0.4, -0.2) is 25.7 Å². The van der Waals surface area contributed by atoms with Crippen LogP contribution in [0.5, 0.6) is 5.75 Å². The van der Waals surface area contributed by atoms with Crippen LogP contribution in [0.15, 0.2) is 22.7 Å². The number of aromatic nitrogens is 2. The number of amides is 1. The highest BCUT2D eigenvalue weighted by Crippen LogP contribution is 2.28. The number of nitrogens with zero attached hydrogens (tertiary/aromatic N) is 3. The zero-order valence-corrected chi connectivity index (χ0v) is 13.4. The van der Waals surface area contributed by atoms with E-state index in [1.54, 1.807) is 0 Å². The second kappa shape index (κ2) is 6.14. The second-order valence-electron chi connectivity index (χ2n) is 4.65. The van der Waals surface area contributed by atoms with E-state index in [-0.39, 0.29) is 23.7 Å². The number of nitrogens with one attached hydrogen (secondary N) is 1. The summed E-state index contributed by atoms with van der Waals surface area (Å²) in [6.07, 6.45) is 0. The molecule has 0 atom stereocenters. The Hall–Kier alpha value is -2.42. The lowest BCUT2D eigenvalue weighted by molar-refractivity contribution is -0.384. The van der Waals surface area contributed by atoms with E-state index in [1.165, 1.54) is 16.8 Å². The first kappa shape index (κ1) is 16.0. The highest BCUT2D eigenvalue weighted by molar-refractivity contribution is 9.10. The molecule has 0 bridgehead atoms. The summed E-state index contributed by atoms with van der Waals surface area (Å²) in [4.78, 5) is 22.0. The first-order valence-electron chi connectivity index (χ1n) is 6.26. The molecule has 0 aliphatic rings. The standard InChI is InChI=1S/C13H13BrN4O4/c1-7-13(14)8(2)17(16-7)6-12(20)15-10-4-3-9(18(21)22)5-11(10)19/h3-5,19H,6H2,1-2H3,(H,15,20). The Morgan fingerprint density at radius 3 is 2.68 bits per heavy atom. The number of carbonyl (C=O) groups is 1. The predicted octanol–water partition coefficient (Wildman–Crippen LogP) is 2.51. The summed E-state index contributed by atoms with van der Waals surface area (Å²) in [5.74, 6) is -0.764. The van der Waals surface area contributed by atoms with E-state index in [0.29, 0.717) is 0 Å². The minimum absolute atomic E-state index is 0.0330. The van der Waals surface area contributed by atoms with Crippen LogP contribution >= 0.6 is 15.9 Å². The van der Waals surface area contributed by atoms with E-state index in [4.69, 9.17) is 0 Å². The minimum atomic E-state index is -0.626. The number of nitro groups is 1. The van der Waals surface area contributed by atoms with Crippen LogP contribution in [0.1, 0.15) is 11.4 Å². The first-order chi connectivity index (χ1) is 10.3. The van der Waals surface area contributed by atoms with Gasteiger partial charge < -0.3 is 10.4 Å². The van der Waals surface area contributed by atoms with Gasteiger partial charge in [0, 0.05) is 6.07 Å². The van der Waals surface area contributed by atoms with Gasteiger partial charge >= 0.3 is 0 Å². The van der Waals surface area contributed by atoms with Crippen LogP contribution in [0.2, 0.25) is 0 Å². The van der Waals surface area contributed by atoms with Crippen molar-refractivity contribution in [2.75, 3.05) is 5.32 Å². The third-order valence-corrected chi connectivity index (χ3v) is 4.20. The number of hydrogen-bond acceptors (Lipinski definition) is 5. The van der Waals surface area contributed by atoms with Gasteiger partial charge in [0.1, 0.15) is 12.3 Å². The van der Waals surface area contributed by atoms with Gasteiger partial charge in [0.2, 0.25) is 5.91 Å². The number of rotatable bonds is 4. The summed E-state index contributed by atoms with van der Waals surface area (Å²) >= 11 is 3.37. The third-order valence-electron chi connectivity index (χ3n) is 3.05. The Labute approximate surface area is 134 Å². The average molecular weight is 369 g/mol. The van der Waals surface area contributed by atoms with Gasteiger partial charge in [-0.2, -0.15) is 5.10 Å². The zero-order chi connectivity index (χ0) is 16.4. The highest BCUT2D eigenvalue weighted by atomic mass is 79.9. The van der Waals surface area contributed by atoms with E-state index >= 15 is 0 Å². The number of halogens is 1. The molecule has 0 aliphatic carbocycles. The molecule has 0 saturated heterocycles. The fourth-order valence-corrected chi connectivity index (χ4v) is 2.18. The van der Waals surface area contributed by atoms with Crippen molar-refractivity contribution in [3.63, 3.8) is 0 Å². The van der Waals surface area contributed by atoms with Crippen LogP contribution in [0.25, 0.3) is 0 Å². The van der Waals surface area contributed by atoms with Gasteiger partial charge in [-0.15, -0.1) is 0 Å².